The number of rotatable bonds is 9. The van der Waals surface area contributed by atoms with Crippen LogP contribution in [0.1, 0.15) is 18.4 Å². The Balaban J connectivity index is 2.12. The molecule has 0 spiro atoms. The number of hydrogen-bond donors (Lipinski definition) is 1. The quantitative estimate of drug-likeness (QED) is 0.430. The second-order valence-corrected chi connectivity index (χ2v) is 4.39. The second kappa shape index (κ2) is 9.58. The minimum absolute atomic E-state index is 0.200. The van der Waals surface area contributed by atoms with Gasteiger partial charge in [0.05, 0.1) is 13.2 Å². The Labute approximate surface area is 124 Å². The van der Waals surface area contributed by atoms with Gasteiger partial charge in [0.15, 0.2) is 0 Å². The zero-order chi connectivity index (χ0) is 15.5. The van der Waals surface area contributed by atoms with E-state index >= 15 is 0 Å². The first-order chi connectivity index (χ1) is 10.2. The summed E-state index contributed by atoms with van der Waals surface area (Å²) in [6, 6.07) is 7.94. The number of ether oxygens (including phenoxy) is 2. The zero-order valence-electron chi connectivity index (χ0n) is 12.3. The monoisotopic (exact) mass is 291 g/mol. The van der Waals surface area contributed by atoms with Gasteiger partial charge in [-0.15, -0.1) is 0 Å². The van der Waals surface area contributed by atoms with Gasteiger partial charge in [0.1, 0.15) is 0 Å². The van der Waals surface area contributed by atoms with Crippen LogP contribution in [0.5, 0.6) is 0 Å². The van der Waals surface area contributed by atoms with Crippen molar-refractivity contribution in [3.05, 3.63) is 42.5 Å². The Kier molecular flexibility index (Phi) is 7.64. The number of carbonyl (C=O) groups is 2. The molecule has 5 nitrogen and oxygen atoms in total. The Morgan fingerprint density at radius 2 is 1.90 bits per heavy atom. The van der Waals surface area contributed by atoms with Gasteiger partial charge >= 0.3 is 11.9 Å². The average molecular weight is 291 g/mol. The number of esters is 2. The molecule has 0 heterocycles. The van der Waals surface area contributed by atoms with Crippen LogP contribution in [0.3, 0.4) is 0 Å². The molecule has 5 heteroatoms. The number of benzene rings is 1. The summed E-state index contributed by atoms with van der Waals surface area (Å²) in [6.45, 7) is 3.84. The highest BCUT2D eigenvalue weighted by Gasteiger charge is 2.04. The molecule has 1 N–H and O–H groups in total. The molecule has 0 radical (unpaired) electrons. The molecule has 0 aliphatic rings. The van der Waals surface area contributed by atoms with E-state index in [1.807, 2.05) is 31.3 Å². The third-order valence-electron chi connectivity index (χ3n) is 2.83. The molecular weight excluding hydrogens is 270 g/mol. The molecule has 0 saturated carbocycles. The Morgan fingerprint density at radius 3 is 2.52 bits per heavy atom. The van der Waals surface area contributed by atoms with E-state index in [9.17, 15) is 9.59 Å². The van der Waals surface area contributed by atoms with Gasteiger partial charge in [-0.05, 0) is 24.1 Å². The summed E-state index contributed by atoms with van der Waals surface area (Å²) in [6.07, 6.45) is 2.47. The highest BCUT2D eigenvalue weighted by atomic mass is 16.5. The molecule has 0 unspecified atom stereocenters. The highest BCUT2D eigenvalue weighted by molar-refractivity contribution is 5.81. The zero-order valence-corrected chi connectivity index (χ0v) is 12.3. The van der Waals surface area contributed by atoms with Crippen LogP contribution in [-0.2, 0) is 25.5 Å². The lowest BCUT2D eigenvalue weighted by molar-refractivity contribution is -0.145. The maximum Gasteiger partial charge on any atom is 0.330 e. The smallest absolute Gasteiger partial charge is 0.330 e. The number of carbonyl (C=O) groups excluding carboxylic acids is 2. The Bertz CT molecular complexity index is 468. The fourth-order valence-electron chi connectivity index (χ4n) is 1.64. The average Bonchev–Trinajstić information content (AvgIpc) is 2.52. The molecule has 0 saturated heterocycles. The van der Waals surface area contributed by atoms with Crippen LogP contribution in [0, 0.1) is 0 Å². The molecule has 1 aromatic rings. The van der Waals surface area contributed by atoms with E-state index < -0.39 is 5.97 Å². The maximum atomic E-state index is 11.5. The summed E-state index contributed by atoms with van der Waals surface area (Å²) in [7, 11) is 1.86. The van der Waals surface area contributed by atoms with Crippen LogP contribution < -0.4 is 5.32 Å². The van der Waals surface area contributed by atoms with E-state index in [-0.39, 0.29) is 19.0 Å². The normalized spacial score (nSPS) is 9.76. The first-order valence-electron chi connectivity index (χ1n) is 6.87. The van der Waals surface area contributed by atoms with Gasteiger partial charge in [-0.25, -0.2) is 4.79 Å². The number of nitrogens with one attached hydrogen (secondary N) is 1. The molecular formula is C16H21NO4. The SMILES string of the molecule is C=CC(=O)OCCCC(=O)OCCc1ccc(NC)cc1. The molecule has 1 aromatic carbocycles. The van der Waals surface area contributed by atoms with Gasteiger partial charge < -0.3 is 14.8 Å². The van der Waals surface area contributed by atoms with Crippen molar-refractivity contribution in [2.75, 3.05) is 25.6 Å². The molecule has 0 amide bonds. The first-order valence-corrected chi connectivity index (χ1v) is 6.87. The molecule has 114 valence electrons. The van der Waals surface area contributed by atoms with Crippen molar-refractivity contribution in [1.82, 2.24) is 0 Å². The van der Waals surface area contributed by atoms with E-state index in [2.05, 4.69) is 11.9 Å². The maximum absolute atomic E-state index is 11.5. The van der Waals surface area contributed by atoms with E-state index in [0.717, 1.165) is 17.3 Å². The van der Waals surface area contributed by atoms with E-state index in [1.165, 1.54) is 0 Å². The van der Waals surface area contributed by atoms with Crippen LogP contribution in [0.4, 0.5) is 5.69 Å². The van der Waals surface area contributed by atoms with E-state index in [0.29, 0.717) is 19.4 Å². The summed E-state index contributed by atoms with van der Waals surface area (Å²) in [4.78, 5) is 22.2. The van der Waals surface area contributed by atoms with Crippen molar-refractivity contribution >= 4 is 17.6 Å². The van der Waals surface area contributed by atoms with Crippen molar-refractivity contribution in [1.29, 1.82) is 0 Å². The molecule has 1 rings (SSSR count). The molecule has 21 heavy (non-hydrogen) atoms. The fraction of sp³-hybridized carbons (Fsp3) is 0.375. The van der Waals surface area contributed by atoms with Crippen molar-refractivity contribution in [2.24, 2.45) is 0 Å². The third-order valence-corrected chi connectivity index (χ3v) is 2.83. The van der Waals surface area contributed by atoms with Crippen molar-refractivity contribution in [3.63, 3.8) is 0 Å². The molecule has 0 fully saturated rings. The lowest BCUT2D eigenvalue weighted by Crippen LogP contribution is -2.10. The predicted octanol–water partition coefficient (Wildman–Crippen LogP) is 2.32. The van der Waals surface area contributed by atoms with Gasteiger partial charge in [0.2, 0.25) is 0 Å². The molecule has 0 aromatic heterocycles. The Morgan fingerprint density at radius 1 is 1.19 bits per heavy atom. The standard InChI is InChI=1S/C16H21NO4/c1-3-15(18)20-11-4-5-16(19)21-12-10-13-6-8-14(17-2)9-7-13/h3,6-9,17H,1,4-5,10-12H2,2H3. The van der Waals surface area contributed by atoms with Crippen LogP contribution in [0.15, 0.2) is 36.9 Å². The van der Waals surface area contributed by atoms with Gasteiger partial charge in [0, 0.05) is 31.7 Å². The van der Waals surface area contributed by atoms with Gasteiger partial charge in [-0.2, -0.15) is 0 Å². The van der Waals surface area contributed by atoms with Crippen molar-refractivity contribution < 1.29 is 19.1 Å². The molecule has 0 aliphatic heterocycles. The minimum atomic E-state index is -0.478. The minimum Gasteiger partial charge on any atom is -0.465 e. The second-order valence-electron chi connectivity index (χ2n) is 4.39. The largest absolute Gasteiger partial charge is 0.465 e. The summed E-state index contributed by atoms with van der Waals surface area (Å²) in [5, 5.41) is 3.04. The Hall–Kier alpha value is -2.30. The third kappa shape index (κ3) is 7.15. The van der Waals surface area contributed by atoms with Gasteiger partial charge in [-0.3, -0.25) is 4.79 Å². The molecule has 0 bridgehead atoms. The van der Waals surface area contributed by atoms with E-state index in [1.54, 1.807) is 0 Å². The topological polar surface area (TPSA) is 64.6 Å². The van der Waals surface area contributed by atoms with Crippen LogP contribution in [0.2, 0.25) is 0 Å². The number of anilines is 1. The lowest BCUT2D eigenvalue weighted by Gasteiger charge is -2.06. The summed E-state index contributed by atoms with van der Waals surface area (Å²) >= 11 is 0. The highest BCUT2D eigenvalue weighted by Crippen LogP contribution is 2.09. The predicted molar refractivity (Wildman–Crippen MR) is 81.0 cm³/mol. The van der Waals surface area contributed by atoms with Crippen LogP contribution in [0.25, 0.3) is 0 Å². The summed E-state index contributed by atoms with van der Waals surface area (Å²) < 4.78 is 9.89. The van der Waals surface area contributed by atoms with Crippen LogP contribution >= 0.6 is 0 Å². The van der Waals surface area contributed by atoms with Gasteiger partial charge in [-0.1, -0.05) is 18.7 Å². The molecule has 0 atom stereocenters. The van der Waals surface area contributed by atoms with E-state index in [4.69, 9.17) is 9.47 Å². The van der Waals surface area contributed by atoms with Crippen molar-refractivity contribution in [3.8, 4) is 0 Å². The number of hydrogen-bond acceptors (Lipinski definition) is 5. The fourth-order valence-corrected chi connectivity index (χ4v) is 1.64. The molecule has 0 aliphatic carbocycles. The van der Waals surface area contributed by atoms with Crippen molar-refractivity contribution in [2.45, 2.75) is 19.3 Å². The lowest BCUT2D eigenvalue weighted by atomic mass is 10.1. The summed E-state index contributed by atoms with van der Waals surface area (Å²) in [5.74, 6) is -0.759. The first kappa shape index (κ1) is 16.8. The summed E-state index contributed by atoms with van der Waals surface area (Å²) in [5.41, 5.74) is 2.16. The van der Waals surface area contributed by atoms with Gasteiger partial charge in [0.25, 0.3) is 0 Å². The van der Waals surface area contributed by atoms with Crippen LogP contribution in [-0.4, -0.2) is 32.2 Å².